The van der Waals surface area contributed by atoms with Gasteiger partial charge in [0, 0.05) is 21.1 Å². The summed E-state index contributed by atoms with van der Waals surface area (Å²) in [7, 11) is -0.477. The molecular weight excluding hydrogens is 547 g/mol. The van der Waals surface area contributed by atoms with Crippen LogP contribution >= 0.6 is 7.92 Å². The average Bonchev–Trinajstić information content (AvgIpc) is 3.20. The quantitative estimate of drug-likeness (QED) is 0.214. The average molecular weight is 567 g/mol. The fraction of sp³-hybridized carbons (Fsp3) is 0.286. The minimum atomic E-state index is -0.477. The number of fused-ring (bicyclic) bond motifs is 2. The van der Waals surface area contributed by atoms with Gasteiger partial charge in [-0.25, -0.2) is 0 Å². The summed E-state index contributed by atoms with van der Waals surface area (Å²) in [4.78, 5) is 0. The van der Waals surface area contributed by atoms with Crippen molar-refractivity contribution in [3.8, 4) is 0 Å². The first-order chi connectivity index (χ1) is 13.1. The molecule has 2 aliphatic rings. The molecule has 144 valence electrons. The Morgan fingerprint density at radius 1 is 0.571 bits per heavy atom. The van der Waals surface area contributed by atoms with Crippen LogP contribution in [0.2, 0.25) is 0 Å². The maximum Gasteiger partial charge on any atom is 0 e. The summed E-state index contributed by atoms with van der Waals surface area (Å²) < 4.78 is 37.5. The van der Waals surface area contributed by atoms with E-state index in [1.807, 2.05) is 0 Å². The first kappa shape index (κ1) is 34.1. The molecule has 0 spiro atoms. The van der Waals surface area contributed by atoms with E-state index in [2.05, 4.69) is 91.3 Å². The van der Waals surface area contributed by atoms with Crippen molar-refractivity contribution < 1.29 is 44.3 Å². The second-order valence-corrected chi connectivity index (χ2v) is 8.06. The Labute approximate surface area is 182 Å². The van der Waals surface area contributed by atoms with E-state index in [0.717, 1.165) is 11.3 Å². The molecule has 5 nitrogen and oxygen atoms in total. The van der Waals surface area contributed by atoms with Crippen LogP contribution < -0.4 is 5.30 Å². The zero-order valence-corrected chi connectivity index (χ0v) is 19.9. The normalized spacial score (nSPS) is 19.6. The first-order valence-corrected chi connectivity index (χ1v) is 9.07. The van der Waals surface area contributed by atoms with Crippen molar-refractivity contribution in [1.82, 2.24) is 0 Å². The molecule has 1 aromatic rings. The van der Waals surface area contributed by atoms with E-state index in [1.54, 1.807) is 27.6 Å². The van der Waals surface area contributed by atoms with Crippen LogP contribution in [0, 0.1) is 33.3 Å². The van der Waals surface area contributed by atoms with E-state index in [9.17, 15) is 0 Å². The van der Waals surface area contributed by atoms with Crippen LogP contribution in [-0.4, -0.2) is 11.3 Å². The van der Waals surface area contributed by atoms with Crippen LogP contribution in [0.3, 0.4) is 0 Å². The summed E-state index contributed by atoms with van der Waals surface area (Å²) in [6, 6.07) is 11.2. The third-order valence-electron chi connectivity index (χ3n) is 4.71. The van der Waals surface area contributed by atoms with Gasteiger partial charge in [0.15, 0.2) is 0 Å². The SMILES string of the molecule is CC1=C(C)C2C(C)=C(C)C1[PH+]2c1ccccc1.[C-]#[O+].[C-]#[O+].[C-]#[O+].[C-]#[O+].[C-]#[O+].[W]. The summed E-state index contributed by atoms with van der Waals surface area (Å²) in [6.45, 7) is 31.9. The molecule has 7 heteroatoms. The van der Waals surface area contributed by atoms with E-state index in [-0.39, 0.29) is 21.1 Å². The van der Waals surface area contributed by atoms with Gasteiger partial charge in [0.1, 0.15) is 11.3 Å². The molecule has 0 N–H and O–H groups in total. The van der Waals surface area contributed by atoms with E-state index < -0.39 is 7.92 Å². The standard InChI is InChI=1S/C16H19P.5CO.W/c1-10-11(2)16-13(4)12(3)15(10)17(16)14-8-6-5-7-9-14;5*1-2;/h5-9,15-16H,1-4H3;;;;;;/p+1. The second-order valence-electron chi connectivity index (χ2n) is 5.42. The monoisotopic (exact) mass is 567 g/mol. The van der Waals surface area contributed by atoms with Gasteiger partial charge in [-0.05, 0) is 62.1 Å². The number of rotatable bonds is 1. The summed E-state index contributed by atoms with van der Waals surface area (Å²) in [5.74, 6) is 0. The molecule has 0 radical (unpaired) electrons. The molecule has 0 saturated heterocycles. The predicted molar refractivity (Wildman–Crippen MR) is 98.4 cm³/mol. The Balaban J connectivity index is -0.000000230. The molecule has 0 saturated carbocycles. The zero-order valence-electron chi connectivity index (χ0n) is 16.0. The molecule has 28 heavy (non-hydrogen) atoms. The zero-order chi connectivity index (χ0) is 22.2. The number of allylic oxidation sites excluding steroid dienone is 4. The number of hydrogen-bond acceptors (Lipinski definition) is 0. The molecule has 0 unspecified atom stereocenters. The van der Waals surface area contributed by atoms with Crippen molar-refractivity contribution >= 4 is 13.2 Å². The summed E-state index contributed by atoms with van der Waals surface area (Å²) >= 11 is 0. The molecule has 0 amide bonds. The fourth-order valence-corrected chi connectivity index (χ4v) is 7.98. The van der Waals surface area contributed by atoms with Crippen LogP contribution in [-0.2, 0) is 44.3 Å². The largest absolute Gasteiger partial charge is 0 e. The molecule has 0 aromatic heterocycles. The summed E-state index contributed by atoms with van der Waals surface area (Å²) in [5.41, 5.74) is 8.19. The molecule has 1 aromatic carbocycles. The molecule has 2 aliphatic heterocycles. The van der Waals surface area contributed by atoms with Gasteiger partial charge >= 0.3 is 56.5 Å². The van der Waals surface area contributed by atoms with Gasteiger partial charge in [0.2, 0.25) is 0 Å². The molecule has 0 atom stereocenters. The smallest absolute Gasteiger partial charge is 0 e. The van der Waals surface area contributed by atoms with Gasteiger partial charge < -0.3 is 0 Å². The molecule has 0 fully saturated rings. The first-order valence-electron chi connectivity index (χ1n) is 7.41. The number of benzene rings is 1. The Morgan fingerprint density at radius 3 is 1.07 bits per heavy atom. The Morgan fingerprint density at radius 2 is 0.821 bits per heavy atom. The predicted octanol–water partition coefficient (Wildman–Crippen LogP) is 3.77. The third kappa shape index (κ3) is 7.50. The minimum Gasteiger partial charge on any atom is 0 e. The van der Waals surface area contributed by atoms with Crippen LogP contribution in [0.15, 0.2) is 52.6 Å². The van der Waals surface area contributed by atoms with E-state index in [0.29, 0.717) is 0 Å². The topological polar surface area (TPSA) is 99.5 Å². The van der Waals surface area contributed by atoms with Crippen LogP contribution in [0.4, 0.5) is 0 Å². The fourth-order valence-electron chi connectivity index (χ4n) is 3.62. The van der Waals surface area contributed by atoms with Crippen molar-refractivity contribution in [1.29, 1.82) is 0 Å². The molecule has 2 heterocycles. The van der Waals surface area contributed by atoms with Crippen molar-refractivity contribution in [3.63, 3.8) is 0 Å². The van der Waals surface area contributed by atoms with E-state index >= 15 is 0 Å². The maximum absolute atomic E-state index is 7.50. The van der Waals surface area contributed by atoms with Crippen LogP contribution in [0.1, 0.15) is 27.7 Å². The van der Waals surface area contributed by atoms with Crippen LogP contribution in [0.5, 0.6) is 0 Å². The van der Waals surface area contributed by atoms with E-state index in [4.69, 9.17) is 23.3 Å². The van der Waals surface area contributed by atoms with Gasteiger partial charge in [-0.1, -0.05) is 18.2 Å². The van der Waals surface area contributed by atoms with Gasteiger partial charge in [0.25, 0.3) is 0 Å². The van der Waals surface area contributed by atoms with Crippen molar-refractivity contribution in [2.24, 2.45) is 0 Å². The second kappa shape index (κ2) is 20.3. The molecule has 2 bridgehead atoms. The Kier molecular flexibility index (Phi) is 24.6. The van der Waals surface area contributed by atoms with Gasteiger partial charge in [-0.2, -0.15) is 0 Å². The summed E-state index contributed by atoms with van der Waals surface area (Å²) in [5, 5.41) is 1.61. The Hall–Kier alpha value is -1.48. The van der Waals surface area contributed by atoms with Gasteiger partial charge in [-0.15, -0.1) is 0 Å². The minimum absolute atomic E-state index is 0. The van der Waals surface area contributed by atoms with Crippen molar-refractivity contribution in [2.75, 3.05) is 0 Å². The molecular formula is C21H20O5PW+. The third-order valence-corrected chi connectivity index (χ3v) is 8.68. The van der Waals surface area contributed by atoms with Gasteiger partial charge in [0.05, 0.1) is 13.2 Å². The number of hydrogen-bond donors (Lipinski definition) is 0. The molecule has 3 rings (SSSR count). The Bertz CT molecular complexity index is 653. The molecule has 0 aliphatic carbocycles. The van der Waals surface area contributed by atoms with E-state index in [1.165, 1.54) is 0 Å². The van der Waals surface area contributed by atoms with Gasteiger partial charge in [-0.3, -0.25) is 0 Å². The van der Waals surface area contributed by atoms with Crippen molar-refractivity contribution in [2.45, 2.75) is 39.0 Å². The van der Waals surface area contributed by atoms with Crippen LogP contribution in [0.25, 0.3) is 0 Å². The maximum atomic E-state index is 7.50. The summed E-state index contributed by atoms with van der Waals surface area (Å²) in [6.07, 6.45) is 0. The van der Waals surface area contributed by atoms with Crippen molar-refractivity contribution in [3.05, 3.63) is 85.9 Å².